The van der Waals surface area contributed by atoms with Gasteiger partial charge in [-0.3, -0.25) is 9.69 Å². The number of furan rings is 1. The van der Waals surface area contributed by atoms with Crippen LogP contribution in [0.3, 0.4) is 0 Å². The van der Waals surface area contributed by atoms with Crippen molar-refractivity contribution in [2.75, 3.05) is 26.2 Å². The van der Waals surface area contributed by atoms with Gasteiger partial charge >= 0.3 is 0 Å². The minimum atomic E-state index is 0.134. The molecule has 4 nitrogen and oxygen atoms in total. The van der Waals surface area contributed by atoms with Crippen molar-refractivity contribution in [3.05, 3.63) is 23.2 Å². The van der Waals surface area contributed by atoms with Crippen LogP contribution in [0.5, 0.6) is 0 Å². The fourth-order valence-electron chi connectivity index (χ4n) is 3.27. The molecule has 0 aromatic carbocycles. The van der Waals surface area contributed by atoms with Gasteiger partial charge < -0.3 is 9.32 Å². The Morgan fingerprint density at radius 2 is 1.95 bits per heavy atom. The van der Waals surface area contributed by atoms with Crippen LogP contribution in [-0.4, -0.2) is 47.9 Å². The highest BCUT2D eigenvalue weighted by Crippen LogP contribution is 2.26. The lowest BCUT2D eigenvalue weighted by Gasteiger charge is -2.36. The van der Waals surface area contributed by atoms with Gasteiger partial charge in [0.15, 0.2) is 0 Å². The molecule has 1 saturated heterocycles. The second kappa shape index (κ2) is 5.60. The van der Waals surface area contributed by atoms with Gasteiger partial charge in [-0.1, -0.05) is 6.42 Å². The Bertz CT molecular complexity index is 491. The first-order valence-corrected chi connectivity index (χ1v) is 7.75. The first-order valence-electron chi connectivity index (χ1n) is 7.75. The molecule has 2 fully saturated rings. The number of aryl methyl sites for hydroxylation is 2. The zero-order valence-electron chi connectivity index (χ0n) is 12.5. The molecule has 110 valence electrons. The van der Waals surface area contributed by atoms with Crippen LogP contribution in [0.2, 0.25) is 0 Å². The predicted molar refractivity (Wildman–Crippen MR) is 77.9 cm³/mol. The van der Waals surface area contributed by atoms with Gasteiger partial charge in [-0.15, -0.1) is 0 Å². The van der Waals surface area contributed by atoms with E-state index in [1.165, 1.54) is 19.3 Å². The highest BCUT2D eigenvalue weighted by Gasteiger charge is 2.28. The van der Waals surface area contributed by atoms with Gasteiger partial charge in [0.1, 0.15) is 11.5 Å². The molecule has 1 amide bonds. The van der Waals surface area contributed by atoms with Crippen molar-refractivity contribution in [2.45, 2.75) is 45.6 Å². The molecule has 3 rings (SSSR count). The molecule has 0 N–H and O–H groups in total. The molecule has 2 heterocycles. The zero-order chi connectivity index (χ0) is 14.1. The van der Waals surface area contributed by atoms with E-state index in [0.29, 0.717) is 0 Å². The first-order chi connectivity index (χ1) is 9.65. The van der Waals surface area contributed by atoms with E-state index in [9.17, 15) is 4.79 Å². The topological polar surface area (TPSA) is 36.7 Å². The molecule has 0 radical (unpaired) electrons. The summed E-state index contributed by atoms with van der Waals surface area (Å²) in [4.78, 5) is 17.2. The smallest absolute Gasteiger partial charge is 0.257 e. The number of hydrogen-bond acceptors (Lipinski definition) is 3. The highest BCUT2D eigenvalue weighted by atomic mass is 16.3. The average Bonchev–Trinajstić information content (AvgIpc) is 2.57. The maximum absolute atomic E-state index is 12.6. The van der Waals surface area contributed by atoms with Crippen LogP contribution in [0.25, 0.3) is 0 Å². The molecule has 0 bridgehead atoms. The molecular weight excluding hydrogens is 252 g/mol. The summed E-state index contributed by atoms with van der Waals surface area (Å²) in [7, 11) is 0. The van der Waals surface area contributed by atoms with Crippen LogP contribution in [0.1, 0.15) is 47.6 Å². The fourth-order valence-corrected chi connectivity index (χ4v) is 3.27. The van der Waals surface area contributed by atoms with Crippen molar-refractivity contribution in [3.8, 4) is 0 Å². The Morgan fingerprint density at radius 1 is 1.15 bits per heavy atom. The summed E-state index contributed by atoms with van der Waals surface area (Å²) in [6, 6.07) is 2.65. The number of carbonyl (C=O) groups is 1. The van der Waals surface area contributed by atoms with Crippen LogP contribution in [0.15, 0.2) is 10.5 Å². The maximum Gasteiger partial charge on any atom is 0.257 e. The summed E-state index contributed by atoms with van der Waals surface area (Å²) in [6.45, 7) is 7.64. The van der Waals surface area contributed by atoms with E-state index >= 15 is 0 Å². The Labute approximate surface area is 120 Å². The third-order valence-corrected chi connectivity index (χ3v) is 4.68. The molecule has 0 atom stereocenters. The van der Waals surface area contributed by atoms with Gasteiger partial charge in [0, 0.05) is 32.2 Å². The van der Waals surface area contributed by atoms with E-state index in [0.717, 1.165) is 55.7 Å². The first kappa shape index (κ1) is 13.7. The summed E-state index contributed by atoms with van der Waals surface area (Å²) >= 11 is 0. The van der Waals surface area contributed by atoms with E-state index in [1.54, 1.807) is 0 Å². The zero-order valence-corrected chi connectivity index (χ0v) is 12.5. The monoisotopic (exact) mass is 276 g/mol. The third kappa shape index (κ3) is 2.62. The van der Waals surface area contributed by atoms with E-state index in [1.807, 2.05) is 24.8 Å². The van der Waals surface area contributed by atoms with Gasteiger partial charge in [0.05, 0.1) is 5.56 Å². The van der Waals surface area contributed by atoms with E-state index in [-0.39, 0.29) is 5.91 Å². The van der Waals surface area contributed by atoms with Crippen LogP contribution in [-0.2, 0) is 0 Å². The van der Waals surface area contributed by atoms with Crippen molar-refractivity contribution in [1.29, 1.82) is 0 Å². The Kier molecular flexibility index (Phi) is 3.83. The molecule has 0 unspecified atom stereocenters. The van der Waals surface area contributed by atoms with Crippen LogP contribution < -0.4 is 0 Å². The molecule has 1 aromatic rings. The molecular formula is C16H24N2O2. The molecule has 1 aliphatic carbocycles. The molecule has 0 spiro atoms. The lowest BCUT2D eigenvalue weighted by atomic mass is 9.91. The summed E-state index contributed by atoms with van der Waals surface area (Å²) in [6.07, 6.45) is 5.14. The number of amides is 1. The van der Waals surface area contributed by atoms with Gasteiger partial charge in [0.2, 0.25) is 0 Å². The summed E-state index contributed by atoms with van der Waals surface area (Å²) in [5.74, 6) is 1.69. The van der Waals surface area contributed by atoms with E-state index in [4.69, 9.17) is 4.42 Å². The number of rotatable bonds is 2. The van der Waals surface area contributed by atoms with Crippen LogP contribution in [0.4, 0.5) is 0 Å². The lowest BCUT2D eigenvalue weighted by molar-refractivity contribution is 0.0748. The SMILES string of the molecule is Cc1cc(C(=O)N2CCCN(C3CCC3)CC2)c(C)o1. The second-order valence-corrected chi connectivity index (χ2v) is 6.09. The van der Waals surface area contributed by atoms with Crippen molar-refractivity contribution < 1.29 is 9.21 Å². The number of nitrogens with zero attached hydrogens (tertiary/aromatic N) is 2. The van der Waals surface area contributed by atoms with Crippen LogP contribution >= 0.6 is 0 Å². The van der Waals surface area contributed by atoms with Crippen molar-refractivity contribution in [2.24, 2.45) is 0 Å². The van der Waals surface area contributed by atoms with Crippen molar-refractivity contribution >= 4 is 5.91 Å². The standard InChI is InChI=1S/C16H24N2O2/c1-12-11-15(13(2)20-12)16(19)18-8-4-7-17(9-10-18)14-5-3-6-14/h11,14H,3-10H2,1-2H3. The van der Waals surface area contributed by atoms with E-state index in [2.05, 4.69) is 4.90 Å². The quantitative estimate of drug-likeness (QED) is 0.833. The molecule has 20 heavy (non-hydrogen) atoms. The molecule has 1 aliphatic heterocycles. The van der Waals surface area contributed by atoms with Gasteiger partial charge in [-0.05, 0) is 39.2 Å². The van der Waals surface area contributed by atoms with E-state index < -0.39 is 0 Å². The minimum absolute atomic E-state index is 0.134. The largest absolute Gasteiger partial charge is 0.466 e. The van der Waals surface area contributed by atoms with Gasteiger partial charge in [0.25, 0.3) is 5.91 Å². The van der Waals surface area contributed by atoms with Crippen molar-refractivity contribution in [1.82, 2.24) is 9.80 Å². The second-order valence-electron chi connectivity index (χ2n) is 6.09. The maximum atomic E-state index is 12.6. The predicted octanol–water partition coefficient (Wildman–Crippen LogP) is 2.60. The van der Waals surface area contributed by atoms with Gasteiger partial charge in [-0.2, -0.15) is 0 Å². The Balaban J connectivity index is 1.65. The molecule has 1 saturated carbocycles. The number of carbonyl (C=O) groups excluding carboxylic acids is 1. The molecule has 1 aromatic heterocycles. The minimum Gasteiger partial charge on any atom is -0.466 e. The molecule has 2 aliphatic rings. The van der Waals surface area contributed by atoms with Gasteiger partial charge in [-0.25, -0.2) is 0 Å². The fraction of sp³-hybridized carbons (Fsp3) is 0.688. The number of hydrogen-bond donors (Lipinski definition) is 0. The highest BCUT2D eigenvalue weighted by molar-refractivity contribution is 5.95. The normalized spacial score (nSPS) is 21.6. The Hall–Kier alpha value is -1.29. The average molecular weight is 276 g/mol. The summed E-state index contributed by atoms with van der Waals surface area (Å²) < 4.78 is 5.49. The Morgan fingerprint density at radius 3 is 2.55 bits per heavy atom. The summed E-state index contributed by atoms with van der Waals surface area (Å²) in [5.41, 5.74) is 0.736. The molecule has 4 heteroatoms. The lowest BCUT2D eigenvalue weighted by Crippen LogP contribution is -2.42. The third-order valence-electron chi connectivity index (χ3n) is 4.68. The van der Waals surface area contributed by atoms with Crippen LogP contribution in [0, 0.1) is 13.8 Å². The summed E-state index contributed by atoms with van der Waals surface area (Å²) in [5, 5.41) is 0. The van der Waals surface area contributed by atoms with Crippen molar-refractivity contribution in [3.63, 3.8) is 0 Å².